The van der Waals surface area contributed by atoms with E-state index >= 15 is 0 Å². The van der Waals surface area contributed by atoms with Crippen molar-refractivity contribution in [2.45, 2.75) is 84.3 Å². The lowest BCUT2D eigenvalue weighted by Gasteiger charge is -2.38. The van der Waals surface area contributed by atoms with E-state index in [0.29, 0.717) is 13.1 Å². The maximum atomic E-state index is 11.4. The number of aliphatic imine (C=N–C) groups is 1. The number of carbonyl (C=O) groups is 2. The highest BCUT2D eigenvalue weighted by Gasteiger charge is 2.45. The lowest BCUT2D eigenvalue weighted by Crippen LogP contribution is -2.60. The molecule has 1 aliphatic heterocycles. The van der Waals surface area contributed by atoms with E-state index < -0.39 is 24.8 Å². The molecule has 0 aliphatic carbocycles. The van der Waals surface area contributed by atoms with Crippen molar-refractivity contribution in [3.8, 4) is 0 Å². The summed E-state index contributed by atoms with van der Waals surface area (Å²) in [5.74, 6) is -1.12. The van der Waals surface area contributed by atoms with Crippen LogP contribution in [0.5, 0.6) is 0 Å². The van der Waals surface area contributed by atoms with Crippen LogP contribution in [0.4, 0.5) is 0 Å². The monoisotopic (exact) mass is 402 g/mol. The van der Waals surface area contributed by atoms with Gasteiger partial charge in [0.15, 0.2) is 19.4 Å². The molecule has 28 heavy (non-hydrogen) atoms. The Labute approximate surface area is 168 Å². The summed E-state index contributed by atoms with van der Waals surface area (Å²) in [6.07, 6.45) is 11.3. The van der Waals surface area contributed by atoms with Gasteiger partial charge in [-0.15, -0.1) is 0 Å². The minimum atomic E-state index is -1.05. The van der Waals surface area contributed by atoms with Crippen LogP contribution in [0.1, 0.15) is 78.1 Å². The van der Waals surface area contributed by atoms with Crippen LogP contribution in [0.3, 0.4) is 0 Å². The van der Waals surface area contributed by atoms with Crippen molar-refractivity contribution in [2.75, 3.05) is 26.2 Å². The number of quaternary nitrogens is 1. The molecule has 2 unspecified atom stereocenters. The molecule has 1 rings (SSSR count). The second kappa shape index (κ2) is 14.5. The normalized spacial score (nSPS) is 19.7. The summed E-state index contributed by atoms with van der Waals surface area (Å²) in [7, 11) is 0. The third-order valence-corrected chi connectivity index (χ3v) is 5.37. The van der Waals surface area contributed by atoms with Crippen molar-refractivity contribution in [1.82, 2.24) is 0 Å². The molecule has 2 atom stereocenters. The second-order valence-corrected chi connectivity index (χ2v) is 7.49. The minimum Gasteiger partial charge on any atom is -0.870 e. The standard InChI is InChI=1S/C20H36N2O5.H2O/c1-3-4-5-6-7-8-9-10-11-12-18-21-13-14-22(18,15-19(23)24)17(2)27-16-20(25)26;/h17H,3-16H2,1-2H3,(H-,23,24,25,26);1H2. The molecule has 0 saturated heterocycles. The van der Waals surface area contributed by atoms with Gasteiger partial charge in [-0.05, 0) is 6.42 Å². The Morgan fingerprint density at radius 1 is 1.04 bits per heavy atom. The van der Waals surface area contributed by atoms with Gasteiger partial charge in [-0.25, -0.2) is 19.1 Å². The summed E-state index contributed by atoms with van der Waals surface area (Å²) in [5.41, 5.74) is 0. The van der Waals surface area contributed by atoms with E-state index in [2.05, 4.69) is 11.9 Å². The average molecular weight is 403 g/mol. The van der Waals surface area contributed by atoms with Gasteiger partial charge >= 0.3 is 11.9 Å². The molecule has 0 amide bonds. The highest BCUT2D eigenvalue weighted by Crippen LogP contribution is 2.25. The van der Waals surface area contributed by atoms with E-state index in [9.17, 15) is 14.7 Å². The predicted octanol–water partition coefficient (Wildman–Crippen LogP) is 3.49. The number of aliphatic carboxylic acids is 2. The van der Waals surface area contributed by atoms with Gasteiger partial charge < -0.3 is 20.4 Å². The van der Waals surface area contributed by atoms with E-state index in [0.717, 1.165) is 25.1 Å². The van der Waals surface area contributed by atoms with Gasteiger partial charge in [-0.1, -0.05) is 58.3 Å². The van der Waals surface area contributed by atoms with Gasteiger partial charge in [0.05, 0.1) is 6.54 Å². The van der Waals surface area contributed by atoms with Gasteiger partial charge in [0.2, 0.25) is 5.84 Å². The zero-order valence-corrected chi connectivity index (χ0v) is 17.4. The first-order chi connectivity index (χ1) is 12.9. The molecule has 0 aromatic rings. The molecule has 3 N–H and O–H groups in total. The summed E-state index contributed by atoms with van der Waals surface area (Å²) in [5, 5.41) is 18.2. The van der Waals surface area contributed by atoms with Gasteiger partial charge in [-0.3, -0.25) is 0 Å². The van der Waals surface area contributed by atoms with E-state index in [1.54, 1.807) is 6.92 Å². The molecule has 0 radical (unpaired) electrons. The molecule has 0 fully saturated rings. The molecular formula is C20H38N2O6. The fraction of sp³-hybridized carbons (Fsp3) is 0.850. The van der Waals surface area contributed by atoms with Gasteiger partial charge in [0.25, 0.3) is 0 Å². The van der Waals surface area contributed by atoms with Gasteiger partial charge in [0, 0.05) is 13.3 Å². The SMILES string of the molecule is CCCCCCCCCCCC1=NCC[N+]1(CC(=O)O)C(C)OCC(=O)O.[OH-]. The Kier molecular flexibility index (Phi) is 13.7. The summed E-state index contributed by atoms with van der Waals surface area (Å²) >= 11 is 0. The van der Waals surface area contributed by atoms with Crippen molar-refractivity contribution in [3.63, 3.8) is 0 Å². The van der Waals surface area contributed by atoms with Crippen molar-refractivity contribution in [1.29, 1.82) is 0 Å². The predicted molar refractivity (Wildman–Crippen MR) is 107 cm³/mol. The largest absolute Gasteiger partial charge is 0.870 e. The molecule has 0 bridgehead atoms. The highest BCUT2D eigenvalue weighted by molar-refractivity contribution is 5.80. The minimum absolute atomic E-state index is 0. The van der Waals surface area contributed by atoms with Crippen LogP contribution in [0.2, 0.25) is 0 Å². The summed E-state index contributed by atoms with van der Waals surface area (Å²) in [4.78, 5) is 26.8. The Balaban J connectivity index is 0.00000729. The molecular weight excluding hydrogens is 364 g/mol. The van der Waals surface area contributed by atoms with Crippen LogP contribution in [0, 0.1) is 0 Å². The maximum absolute atomic E-state index is 11.4. The first kappa shape index (κ1) is 26.5. The Bertz CT molecular complexity index is 497. The van der Waals surface area contributed by atoms with E-state index in [1.165, 1.54) is 44.9 Å². The second-order valence-electron chi connectivity index (χ2n) is 7.49. The lowest BCUT2D eigenvalue weighted by atomic mass is 10.1. The van der Waals surface area contributed by atoms with Gasteiger partial charge in [0.1, 0.15) is 6.54 Å². The Morgan fingerprint density at radius 3 is 2.14 bits per heavy atom. The number of hydrogen-bond acceptors (Lipinski definition) is 5. The number of carboxylic acids is 2. The topological polar surface area (TPSA) is 126 Å². The molecule has 164 valence electrons. The third kappa shape index (κ3) is 9.12. The zero-order valence-electron chi connectivity index (χ0n) is 17.4. The number of rotatable bonds is 16. The van der Waals surface area contributed by atoms with Crippen LogP contribution in [-0.2, 0) is 14.3 Å². The lowest BCUT2D eigenvalue weighted by molar-refractivity contribution is -0.878. The summed E-state index contributed by atoms with van der Waals surface area (Å²) in [6, 6.07) is 0. The van der Waals surface area contributed by atoms with Crippen LogP contribution in [0.15, 0.2) is 4.99 Å². The van der Waals surface area contributed by atoms with Crippen molar-refractivity contribution < 1.29 is 34.5 Å². The molecule has 0 aromatic heterocycles. The van der Waals surface area contributed by atoms with Gasteiger partial charge in [-0.2, -0.15) is 0 Å². The summed E-state index contributed by atoms with van der Waals surface area (Å²) in [6.45, 7) is 4.56. The summed E-state index contributed by atoms with van der Waals surface area (Å²) < 4.78 is 5.57. The molecule has 0 aromatic carbocycles. The highest BCUT2D eigenvalue weighted by atomic mass is 16.5. The van der Waals surface area contributed by atoms with Crippen LogP contribution in [0.25, 0.3) is 0 Å². The number of ether oxygens (including phenoxy) is 1. The molecule has 8 heteroatoms. The number of amidine groups is 1. The molecule has 1 heterocycles. The number of nitrogens with zero attached hydrogens (tertiary/aromatic N) is 2. The van der Waals surface area contributed by atoms with Crippen LogP contribution < -0.4 is 0 Å². The van der Waals surface area contributed by atoms with Crippen LogP contribution in [-0.4, -0.2) is 70.4 Å². The first-order valence-corrected chi connectivity index (χ1v) is 10.4. The zero-order chi connectivity index (χ0) is 20.1. The molecule has 1 aliphatic rings. The average Bonchev–Trinajstić information content (AvgIpc) is 3.01. The quantitative estimate of drug-likeness (QED) is 0.300. The number of unbranched alkanes of at least 4 members (excludes halogenated alkanes) is 8. The third-order valence-electron chi connectivity index (χ3n) is 5.37. The molecule has 0 saturated carbocycles. The first-order valence-electron chi connectivity index (χ1n) is 10.4. The maximum Gasteiger partial charge on any atom is 0.359 e. The van der Waals surface area contributed by atoms with E-state index in [1.807, 2.05) is 0 Å². The van der Waals surface area contributed by atoms with Crippen molar-refractivity contribution >= 4 is 17.8 Å². The van der Waals surface area contributed by atoms with Crippen LogP contribution >= 0.6 is 0 Å². The fourth-order valence-corrected chi connectivity index (χ4v) is 3.79. The van der Waals surface area contributed by atoms with Crippen molar-refractivity contribution in [2.24, 2.45) is 4.99 Å². The number of hydrogen-bond donors (Lipinski definition) is 2. The fourth-order valence-electron chi connectivity index (χ4n) is 3.79. The smallest absolute Gasteiger partial charge is 0.359 e. The molecule has 8 nitrogen and oxygen atoms in total. The Morgan fingerprint density at radius 2 is 1.61 bits per heavy atom. The molecule has 0 spiro atoms. The van der Waals surface area contributed by atoms with Crippen molar-refractivity contribution in [3.05, 3.63) is 0 Å². The Hall–Kier alpha value is -1.51. The number of carboxylic acid groups (broad SMARTS) is 2. The van der Waals surface area contributed by atoms with E-state index in [-0.39, 0.29) is 16.5 Å². The van der Waals surface area contributed by atoms with E-state index in [4.69, 9.17) is 9.84 Å².